The Hall–Kier alpha value is -4.73. The van der Waals surface area contributed by atoms with Crippen LogP contribution in [0.1, 0.15) is 40.8 Å². The van der Waals surface area contributed by atoms with Gasteiger partial charge in [0.2, 0.25) is 11.1 Å². The van der Waals surface area contributed by atoms with E-state index in [1.54, 1.807) is 11.8 Å². The SMILES string of the molecule is COc1cc(C2C(C(=O)Nc3ccccc3C)=C(C)Nc3nc(SCc4ccccc4Cl)nn32)ccc1OCc1cccc(C)c1. The highest BCUT2D eigenvalue weighted by Gasteiger charge is 2.35. The Morgan fingerprint density at radius 1 is 0.978 bits per heavy atom. The molecule has 5 aromatic rings. The van der Waals surface area contributed by atoms with E-state index >= 15 is 0 Å². The summed E-state index contributed by atoms with van der Waals surface area (Å²) >= 11 is 7.88. The van der Waals surface area contributed by atoms with Crippen molar-refractivity contribution < 1.29 is 14.3 Å². The number of aromatic nitrogens is 3. The first-order valence-electron chi connectivity index (χ1n) is 14.8. The number of carbonyl (C=O) groups excluding carboxylic acids is 1. The van der Waals surface area contributed by atoms with Crippen LogP contribution >= 0.6 is 23.4 Å². The minimum Gasteiger partial charge on any atom is -0.493 e. The number of hydrogen-bond donors (Lipinski definition) is 2. The lowest BCUT2D eigenvalue weighted by molar-refractivity contribution is -0.113. The molecule has 0 saturated carbocycles. The Labute approximate surface area is 277 Å². The highest BCUT2D eigenvalue weighted by atomic mass is 35.5. The summed E-state index contributed by atoms with van der Waals surface area (Å²) in [6, 6.07) is 28.7. The lowest BCUT2D eigenvalue weighted by atomic mass is 9.94. The van der Waals surface area contributed by atoms with Crippen LogP contribution in [0.25, 0.3) is 0 Å². The molecular weight excluding hydrogens is 618 g/mol. The van der Waals surface area contributed by atoms with E-state index in [1.807, 2.05) is 92.7 Å². The van der Waals surface area contributed by atoms with Crippen molar-refractivity contribution >= 4 is 40.9 Å². The molecule has 2 N–H and O–H groups in total. The summed E-state index contributed by atoms with van der Waals surface area (Å²) in [5.41, 5.74) is 6.91. The van der Waals surface area contributed by atoms with Gasteiger partial charge in [0.1, 0.15) is 12.6 Å². The summed E-state index contributed by atoms with van der Waals surface area (Å²) in [4.78, 5) is 18.8. The summed E-state index contributed by atoms with van der Waals surface area (Å²) < 4.78 is 13.7. The Morgan fingerprint density at radius 2 is 1.78 bits per heavy atom. The van der Waals surface area contributed by atoms with E-state index in [2.05, 4.69) is 29.7 Å². The molecule has 2 heterocycles. The van der Waals surface area contributed by atoms with Crippen molar-refractivity contribution in [1.82, 2.24) is 14.8 Å². The van der Waals surface area contributed by atoms with E-state index in [4.69, 9.17) is 31.2 Å². The maximum absolute atomic E-state index is 14.0. The first-order chi connectivity index (χ1) is 22.3. The molecule has 0 spiro atoms. The number of allylic oxidation sites excluding steroid dienone is 1. The molecule has 0 bridgehead atoms. The van der Waals surface area contributed by atoms with Crippen LogP contribution in [0.4, 0.5) is 11.6 Å². The summed E-state index contributed by atoms with van der Waals surface area (Å²) in [6.07, 6.45) is 0. The molecule has 1 aliphatic rings. The standard InChI is InChI=1S/C36H34ClN5O3S/c1-22-10-9-12-25(18-22)20-45-30-17-16-26(19-31(30)44-4)33-32(34(43)39-29-15-8-5-11-23(29)2)24(3)38-35-40-36(41-42(33)35)46-21-27-13-6-7-14-28(27)37/h5-19,33H,20-21H2,1-4H3,(H,39,43)(H,38,40,41). The molecule has 46 heavy (non-hydrogen) atoms. The molecule has 234 valence electrons. The number of anilines is 2. The van der Waals surface area contributed by atoms with Gasteiger partial charge in [0.25, 0.3) is 5.91 Å². The van der Waals surface area contributed by atoms with Gasteiger partial charge >= 0.3 is 0 Å². The molecule has 1 aliphatic heterocycles. The number of hydrogen-bond acceptors (Lipinski definition) is 7. The number of ether oxygens (including phenoxy) is 2. The lowest BCUT2D eigenvalue weighted by Gasteiger charge is -2.29. The molecule has 0 aliphatic carbocycles. The van der Waals surface area contributed by atoms with E-state index in [9.17, 15) is 4.79 Å². The van der Waals surface area contributed by atoms with Crippen molar-refractivity contribution in [2.75, 3.05) is 17.7 Å². The van der Waals surface area contributed by atoms with E-state index in [-0.39, 0.29) is 5.91 Å². The van der Waals surface area contributed by atoms with Crippen molar-refractivity contribution in [2.45, 2.75) is 44.3 Å². The number of fused-ring (bicyclic) bond motifs is 1. The molecule has 1 unspecified atom stereocenters. The van der Waals surface area contributed by atoms with Crippen LogP contribution in [-0.4, -0.2) is 27.8 Å². The Balaban J connectivity index is 1.35. The van der Waals surface area contributed by atoms with Gasteiger partial charge < -0.3 is 20.1 Å². The van der Waals surface area contributed by atoms with Gasteiger partial charge in [0.05, 0.1) is 12.7 Å². The van der Waals surface area contributed by atoms with Crippen LogP contribution in [0, 0.1) is 13.8 Å². The number of benzene rings is 4. The van der Waals surface area contributed by atoms with Gasteiger partial charge in [-0.3, -0.25) is 4.79 Å². The van der Waals surface area contributed by atoms with Gasteiger partial charge in [-0.1, -0.05) is 95.7 Å². The van der Waals surface area contributed by atoms with Crippen LogP contribution in [0.2, 0.25) is 5.02 Å². The normalized spacial score (nSPS) is 14.0. The first kappa shape index (κ1) is 31.3. The third kappa shape index (κ3) is 6.76. The van der Waals surface area contributed by atoms with E-state index < -0.39 is 6.04 Å². The third-order valence-corrected chi connectivity index (χ3v) is 9.02. The number of thioether (sulfide) groups is 1. The van der Waals surface area contributed by atoms with Crippen LogP contribution in [0.3, 0.4) is 0 Å². The number of rotatable bonds is 10. The molecule has 8 nitrogen and oxygen atoms in total. The number of methoxy groups -OCH3 is 1. The molecular formula is C36H34ClN5O3S. The number of carbonyl (C=O) groups is 1. The Bertz CT molecular complexity index is 1940. The number of nitrogens with zero attached hydrogens (tertiary/aromatic N) is 3. The van der Waals surface area contributed by atoms with Crippen molar-refractivity contribution in [3.63, 3.8) is 0 Å². The minimum atomic E-state index is -0.595. The zero-order valence-corrected chi connectivity index (χ0v) is 27.6. The molecule has 10 heteroatoms. The van der Waals surface area contributed by atoms with E-state index in [0.29, 0.717) is 51.3 Å². The summed E-state index contributed by atoms with van der Waals surface area (Å²) in [5, 5.41) is 12.6. The molecule has 1 aromatic heterocycles. The van der Waals surface area contributed by atoms with Crippen LogP contribution in [-0.2, 0) is 17.2 Å². The predicted molar refractivity (Wildman–Crippen MR) is 184 cm³/mol. The highest BCUT2D eigenvalue weighted by molar-refractivity contribution is 7.98. The Morgan fingerprint density at radius 3 is 2.57 bits per heavy atom. The fraction of sp³-hybridized carbons (Fsp3) is 0.194. The number of nitrogens with one attached hydrogen (secondary N) is 2. The van der Waals surface area contributed by atoms with Gasteiger partial charge in [-0.2, -0.15) is 4.98 Å². The number of amides is 1. The second kappa shape index (κ2) is 13.7. The molecule has 4 aromatic carbocycles. The van der Waals surface area contributed by atoms with Gasteiger partial charge in [0, 0.05) is 22.2 Å². The van der Waals surface area contributed by atoms with Crippen LogP contribution < -0.4 is 20.1 Å². The average molecular weight is 652 g/mol. The number of para-hydroxylation sites is 1. The second-order valence-corrected chi connectivity index (χ2v) is 12.4. The Kier molecular flexibility index (Phi) is 9.33. The van der Waals surface area contributed by atoms with E-state index in [1.165, 1.54) is 17.3 Å². The maximum atomic E-state index is 14.0. The fourth-order valence-corrected chi connectivity index (χ4v) is 6.51. The molecule has 0 fully saturated rings. The predicted octanol–water partition coefficient (Wildman–Crippen LogP) is 8.36. The number of halogens is 1. The van der Waals surface area contributed by atoms with Crippen molar-refractivity contribution in [3.05, 3.63) is 135 Å². The largest absolute Gasteiger partial charge is 0.493 e. The minimum absolute atomic E-state index is 0.241. The summed E-state index contributed by atoms with van der Waals surface area (Å²) in [6.45, 7) is 6.29. The molecule has 0 radical (unpaired) electrons. The third-order valence-electron chi connectivity index (χ3n) is 7.77. The van der Waals surface area contributed by atoms with Gasteiger partial charge in [-0.05, 0) is 67.3 Å². The molecule has 6 rings (SSSR count). The zero-order chi connectivity index (χ0) is 32.2. The number of aryl methyl sites for hydroxylation is 2. The highest BCUT2D eigenvalue weighted by Crippen LogP contribution is 2.40. The van der Waals surface area contributed by atoms with Crippen LogP contribution in [0.15, 0.2) is 107 Å². The molecule has 1 amide bonds. The fourth-order valence-electron chi connectivity index (χ4n) is 5.39. The smallest absolute Gasteiger partial charge is 0.255 e. The van der Waals surface area contributed by atoms with Crippen molar-refractivity contribution in [2.24, 2.45) is 0 Å². The lowest BCUT2D eigenvalue weighted by Crippen LogP contribution is -2.31. The van der Waals surface area contributed by atoms with Crippen molar-refractivity contribution in [1.29, 1.82) is 0 Å². The quantitative estimate of drug-likeness (QED) is 0.147. The van der Waals surface area contributed by atoms with Gasteiger partial charge in [-0.25, -0.2) is 4.68 Å². The average Bonchev–Trinajstić information content (AvgIpc) is 3.46. The van der Waals surface area contributed by atoms with E-state index in [0.717, 1.165) is 27.9 Å². The van der Waals surface area contributed by atoms with Gasteiger partial charge in [-0.15, -0.1) is 5.10 Å². The van der Waals surface area contributed by atoms with Crippen LogP contribution in [0.5, 0.6) is 11.5 Å². The monoisotopic (exact) mass is 651 g/mol. The summed E-state index contributed by atoms with van der Waals surface area (Å²) in [7, 11) is 1.61. The molecule has 1 atom stereocenters. The van der Waals surface area contributed by atoms with Gasteiger partial charge in [0.15, 0.2) is 11.5 Å². The van der Waals surface area contributed by atoms with Crippen molar-refractivity contribution in [3.8, 4) is 11.5 Å². The first-order valence-corrected chi connectivity index (χ1v) is 16.2. The topological polar surface area (TPSA) is 90.3 Å². The molecule has 0 saturated heterocycles. The zero-order valence-electron chi connectivity index (χ0n) is 26.0. The maximum Gasteiger partial charge on any atom is 0.255 e. The summed E-state index contributed by atoms with van der Waals surface area (Å²) in [5.74, 6) is 2.05. The second-order valence-electron chi connectivity index (χ2n) is 11.1.